The summed E-state index contributed by atoms with van der Waals surface area (Å²) in [5, 5.41) is 20.1. The van der Waals surface area contributed by atoms with Crippen LogP contribution in [-0.2, 0) is 25.8 Å². The number of oxime groups is 1. The van der Waals surface area contributed by atoms with Gasteiger partial charge < -0.3 is 21.0 Å². The number of β-lactam (4-membered cyclic amide) rings is 1. The number of carbonyl (C=O) groups excluding carboxylic acids is 2. The van der Waals surface area contributed by atoms with Gasteiger partial charge in [0.2, 0.25) is 0 Å². The van der Waals surface area contributed by atoms with Crippen LogP contribution >= 0.6 is 34.4 Å². The number of thiazole rings is 1. The Kier molecular flexibility index (Phi) is 7.82. The number of amides is 2. The number of anilines is 1. The molecule has 16 heteroatoms. The number of carboxylic acid groups (broad SMARTS) is 1. The van der Waals surface area contributed by atoms with Gasteiger partial charge in [-0.2, -0.15) is 13.3 Å². The van der Waals surface area contributed by atoms with E-state index in [0.29, 0.717) is 17.2 Å². The van der Waals surface area contributed by atoms with Crippen molar-refractivity contribution in [1.29, 1.82) is 0 Å². The Bertz CT molecular complexity index is 1600. The van der Waals surface area contributed by atoms with E-state index in [1.165, 1.54) is 21.8 Å². The quantitative estimate of drug-likeness (QED) is 0.145. The predicted octanol–water partition coefficient (Wildman–Crippen LogP) is 2.47. The highest BCUT2D eigenvalue weighted by Crippen LogP contribution is 2.39. The molecular formula is C24H21F2N6O5S3+. The Morgan fingerprint density at radius 3 is 2.90 bits per heavy atom. The van der Waals surface area contributed by atoms with Gasteiger partial charge in [-0.15, -0.1) is 34.4 Å². The van der Waals surface area contributed by atoms with E-state index in [0.717, 1.165) is 27.3 Å². The SMILES string of the molecule is Cc1c2ccsc2cc[n+]1C/C=C/C1=C(C(=O)O)N2C(=O)C(NC(=O)C(=NOC(F)F)c3csc(N)n3)C2CS1. The third kappa shape index (κ3) is 5.29. The summed E-state index contributed by atoms with van der Waals surface area (Å²) in [5.74, 6) is -2.63. The Morgan fingerprint density at radius 1 is 1.40 bits per heavy atom. The van der Waals surface area contributed by atoms with Crippen molar-refractivity contribution in [3.63, 3.8) is 0 Å². The number of nitrogens with zero attached hydrogens (tertiary/aromatic N) is 4. The number of pyridine rings is 1. The number of aliphatic carboxylic acids is 1. The van der Waals surface area contributed by atoms with Gasteiger partial charge in [0.15, 0.2) is 29.3 Å². The van der Waals surface area contributed by atoms with Crippen molar-refractivity contribution < 1.29 is 37.7 Å². The van der Waals surface area contributed by atoms with E-state index in [4.69, 9.17) is 5.73 Å². The first-order valence-electron chi connectivity index (χ1n) is 11.7. The zero-order valence-electron chi connectivity index (χ0n) is 20.6. The van der Waals surface area contributed by atoms with E-state index >= 15 is 0 Å². The highest BCUT2D eigenvalue weighted by atomic mass is 32.2. The number of thiophene rings is 1. The minimum atomic E-state index is -3.29. The first-order chi connectivity index (χ1) is 19.2. The second kappa shape index (κ2) is 11.3. The molecule has 40 heavy (non-hydrogen) atoms. The first-order valence-corrected chi connectivity index (χ1v) is 14.4. The molecular weight excluding hydrogens is 586 g/mol. The van der Waals surface area contributed by atoms with Gasteiger partial charge in [0.1, 0.15) is 17.4 Å². The van der Waals surface area contributed by atoms with Gasteiger partial charge in [-0.25, -0.2) is 9.78 Å². The van der Waals surface area contributed by atoms with Crippen molar-refractivity contribution in [3.05, 3.63) is 63.2 Å². The number of alkyl halides is 2. The molecule has 3 aromatic rings. The van der Waals surface area contributed by atoms with Crippen molar-refractivity contribution in [1.82, 2.24) is 15.2 Å². The number of halogens is 2. The Hall–Kier alpha value is -3.89. The van der Waals surface area contributed by atoms with E-state index in [2.05, 4.69) is 26.4 Å². The highest BCUT2D eigenvalue weighted by Gasteiger charge is 2.54. The molecule has 2 atom stereocenters. The lowest BCUT2D eigenvalue weighted by Crippen LogP contribution is -2.73. The van der Waals surface area contributed by atoms with Crippen LogP contribution in [-0.4, -0.2) is 62.9 Å². The molecule has 2 unspecified atom stereocenters. The smallest absolute Gasteiger partial charge is 0.407 e. The van der Waals surface area contributed by atoms with Gasteiger partial charge >= 0.3 is 12.6 Å². The topological polar surface area (TPSA) is 151 Å². The van der Waals surface area contributed by atoms with Crippen LogP contribution < -0.4 is 15.6 Å². The lowest BCUT2D eigenvalue weighted by Gasteiger charge is -2.49. The van der Waals surface area contributed by atoms with Gasteiger partial charge in [-0.05, 0) is 23.6 Å². The molecule has 5 heterocycles. The minimum absolute atomic E-state index is 0.0690. The first kappa shape index (κ1) is 27.7. The average Bonchev–Trinajstić information content (AvgIpc) is 3.57. The summed E-state index contributed by atoms with van der Waals surface area (Å²) in [6, 6.07) is 2.31. The number of nitrogen functional groups attached to an aromatic ring is 1. The molecule has 1 saturated heterocycles. The van der Waals surface area contributed by atoms with E-state index in [1.54, 1.807) is 17.4 Å². The van der Waals surface area contributed by atoms with Gasteiger partial charge in [0.05, 0.1) is 11.4 Å². The number of hydrogen-bond acceptors (Lipinski definition) is 10. The van der Waals surface area contributed by atoms with Crippen molar-refractivity contribution in [3.8, 4) is 0 Å². The molecule has 2 aliphatic rings. The summed E-state index contributed by atoms with van der Waals surface area (Å²) >= 11 is 3.85. The number of carbonyl (C=O) groups is 3. The summed E-state index contributed by atoms with van der Waals surface area (Å²) < 4.78 is 28.4. The number of fused-ring (bicyclic) bond motifs is 2. The van der Waals surface area contributed by atoms with Gasteiger partial charge in [0.25, 0.3) is 11.8 Å². The third-order valence-corrected chi connectivity index (χ3v) is 8.99. The molecule has 2 amide bonds. The summed E-state index contributed by atoms with van der Waals surface area (Å²) in [7, 11) is 0. The zero-order valence-corrected chi connectivity index (χ0v) is 23.1. The third-order valence-electron chi connectivity index (χ3n) is 6.29. The normalized spacial score (nSPS) is 19.4. The van der Waals surface area contributed by atoms with Crippen molar-refractivity contribution in [2.45, 2.75) is 32.2 Å². The number of aryl methyl sites for hydroxylation is 1. The number of nitrogens with one attached hydrogen (secondary N) is 1. The minimum Gasteiger partial charge on any atom is -0.477 e. The molecule has 1 fully saturated rings. The second-order valence-electron chi connectivity index (χ2n) is 8.59. The van der Waals surface area contributed by atoms with Crippen LogP contribution in [0.2, 0.25) is 0 Å². The molecule has 2 aliphatic heterocycles. The summed E-state index contributed by atoms with van der Waals surface area (Å²) in [6.07, 6.45) is 5.46. The number of rotatable bonds is 9. The molecule has 0 bridgehead atoms. The number of carboxylic acids is 1. The molecule has 0 aromatic carbocycles. The monoisotopic (exact) mass is 607 g/mol. The van der Waals surface area contributed by atoms with Gasteiger partial charge in [-0.1, -0.05) is 5.16 Å². The van der Waals surface area contributed by atoms with Crippen molar-refractivity contribution in [2.75, 3.05) is 11.5 Å². The van der Waals surface area contributed by atoms with E-state index in [-0.39, 0.29) is 16.5 Å². The van der Waals surface area contributed by atoms with Gasteiger partial charge in [-0.3, -0.25) is 14.5 Å². The Labute approximate surface area is 237 Å². The molecule has 208 valence electrons. The fraction of sp³-hybridized carbons (Fsp3) is 0.250. The number of allylic oxidation sites excluding steroid dienone is 2. The average molecular weight is 608 g/mol. The number of hydrogen-bond donors (Lipinski definition) is 3. The van der Waals surface area contributed by atoms with Crippen LogP contribution in [0.3, 0.4) is 0 Å². The summed E-state index contributed by atoms with van der Waals surface area (Å²) in [6.45, 7) is -0.781. The Morgan fingerprint density at radius 2 is 2.20 bits per heavy atom. The Balaban J connectivity index is 1.32. The van der Waals surface area contributed by atoms with Crippen LogP contribution in [0.4, 0.5) is 13.9 Å². The lowest BCUT2D eigenvalue weighted by molar-refractivity contribution is -0.691. The molecule has 0 spiro atoms. The fourth-order valence-electron chi connectivity index (χ4n) is 4.39. The number of aromatic nitrogens is 2. The molecule has 0 radical (unpaired) electrons. The molecule has 0 saturated carbocycles. The standard InChI is InChI=1S/C24H20F2N6O5S3/c1-11-12-5-8-38-15(12)4-7-31(11)6-2-3-16-19(22(35)36)32-14(10-39-16)18(21(32)34)29-20(33)17(30-37-23(25)26)13-9-40-24(27)28-13/h2-5,7-9,14,18,23H,6,10H2,1H3,(H3-,27,28,29,33,35,36)/p+1/b3-2+,30-17?. The van der Waals surface area contributed by atoms with Crippen molar-refractivity contribution in [2.24, 2.45) is 5.16 Å². The molecule has 0 aliphatic carbocycles. The second-order valence-corrected chi connectivity index (χ2v) is 11.5. The largest absolute Gasteiger partial charge is 0.477 e. The fourth-order valence-corrected chi connectivity index (χ4v) is 6.98. The van der Waals surface area contributed by atoms with E-state index in [1.807, 2.05) is 35.2 Å². The maximum absolute atomic E-state index is 13.0. The summed E-state index contributed by atoms with van der Waals surface area (Å²) in [4.78, 5) is 47.4. The van der Waals surface area contributed by atoms with Gasteiger partial charge in [0, 0.05) is 33.7 Å². The number of thioether (sulfide) groups is 1. The maximum atomic E-state index is 13.0. The molecule has 3 aromatic heterocycles. The number of nitrogens with two attached hydrogens (primary N) is 1. The predicted molar refractivity (Wildman–Crippen MR) is 146 cm³/mol. The highest BCUT2D eigenvalue weighted by molar-refractivity contribution is 8.03. The van der Waals surface area contributed by atoms with E-state index < -0.39 is 42.2 Å². The van der Waals surface area contributed by atoms with Crippen LogP contribution in [0.15, 0.2) is 57.0 Å². The van der Waals surface area contributed by atoms with Crippen LogP contribution in [0.5, 0.6) is 0 Å². The lowest BCUT2D eigenvalue weighted by atomic mass is 9.94. The zero-order chi connectivity index (χ0) is 28.6. The van der Waals surface area contributed by atoms with Crippen molar-refractivity contribution >= 4 is 73.1 Å². The summed E-state index contributed by atoms with van der Waals surface area (Å²) in [5.41, 5.74) is 5.76. The van der Waals surface area contributed by atoms with Crippen LogP contribution in [0.25, 0.3) is 10.1 Å². The molecule has 11 nitrogen and oxygen atoms in total. The van der Waals surface area contributed by atoms with Crippen LogP contribution in [0.1, 0.15) is 11.4 Å². The molecule has 4 N–H and O–H groups in total. The van der Waals surface area contributed by atoms with Crippen LogP contribution in [0, 0.1) is 6.92 Å². The van der Waals surface area contributed by atoms with E-state index in [9.17, 15) is 28.3 Å². The molecule has 5 rings (SSSR count). The maximum Gasteiger partial charge on any atom is 0.407 e.